The highest BCUT2D eigenvalue weighted by Gasteiger charge is 1.95. The van der Waals surface area contributed by atoms with E-state index in [1.54, 1.807) is 0 Å². The van der Waals surface area contributed by atoms with Gasteiger partial charge in [-0.1, -0.05) is 24.8 Å². The van der Waals surface area contributed by atoms with Gasteiger partial charge in [0.1, 0.15) is 6.16 Å². The third-order valence-corrected chi connectivity index (χ3v) is 1.87. The van der Waals surface area contributed by atoms with E-state index in [9.17, 15) is 4.57 Å². The lowest BCUT2D eigenvalue weighted by molar-refractivity contribution is 0.547. The van der Waals surface area contributed by atoms with E-state index < -0.39 is 0 Å². The predicted octanol–water partition coefficient (Wildman–Crippen LogP) is 2.84. The molecule has 0 aliphatic carbocycles. The number of hydrogen-bond acceptors (Lipinski definition) is 1. The number of hydrogen-bond donors (Lipinski definition) is 0. The Bertz CT molecular complexity index is 71.3. The third-order valence-electron chi connectivity index (χ3n) is 1.31. The van der Waals surface area contributed by atoms with Crippen LogP contribution in [0.15, 0.2) is 0 Å². The molecule has 0 aliphatic rings. The molecule has 0 fully saturated rings. The van der Waals surface area contributed by atoms with Gasteiger partial charge in [-0.15, -0.1) is 0 Å². The Labute approximate surface area is 59.0 Å². The van der Waals surface area contributed by atoms with Gasteiger partial charge in [-0.05, 0) is 18.8 Å². The van der Waals surface area contributed by atoms with Gasteiger partial charge in [-0.25, -0.2) is 0 Å². The minimum atomic E-state index is -0.0888. The van der Waals surface area contributed by atoms with E-state index >= 15 is 0 Å². The molecule has 0 saturated carbocycles. The molecular formula is C7H16OP+. The highest BCUT2D eigenvalue weighted by molar-refractivity contribution is 7.23. The molecule has 0 spiro atoms. The monoisotopic (exact) mass is 147 g/mol. The fraction of sp³-hybridized carbons (Fsp3) is 1.00. The third kappa shape index (κ3) is 8.10. The van der Waals surface area contributed by atoms with E-state index in [0.717, 1.165) is 18.5 Å². The van der Waals surface area contributed by atoms with Crippen molar-refractivity contribution >= 4 is 8.46 Å². The maximum Gasteiger partial charge on any atom is 0.324 e. The first-order valence-electron chi connectivity index (χ1n) is 3.62. The molecule has 0 amide bonds. The van der Waals surface area contributed by atoms with Crippen LogP contribution in [0, 0.1) is 5.92 Å². The molecule has 0 rings (SSSR count). The largest absolute Gasteiger partial charge is 0.324 e. The fourth-order valence-corrected chi connectivity index (χ4v) is 1.14. The van der Waals surface area contributed by atoms with Crippen LogP contribution in [0.5, 0.6) is 0 Å². The van der Waals surface area contributed by atoms with Crippen LogP contribution in [0.1, 0.15) is 33.1 Å². The van der Waals surface area contributed by atoms with Gasteiger partial charge in [0.15, 0.2) is 0 Å². The van der Waals surface area contributed by atoms with Crippen molar-refractivity contribution in [2.75, 3.05) is 6.16 Å². The Morgan fingerprint density at radius 1 is 1.33 bits per heavy atom. The van der Waals surface area contributed by atoms with Crippen LogP contribution in [0.25, 0.3) is 0 Å². The molecule has 1 unspecified atom stereocenters. The molecule has 9 heavy (non-hydrogen) atoms. The molecule has 0 aliphatic heterocycles. The van der Waals surface area contributed by atoms with Crippen molar-refractivity contribution < 1.29 is 4.57 Å². The van der Waals surface area contributed by atoms with Crippen molar-refractivity contribution in [3.8, 4) is 0 Å². The summed E-state index contributed by atoms with van der Waals surface area (Å²) in [6.45, 7) is 4.44. The minimum absolute atomic E-state index is 0.0888. The molecule has 0 saturated heterocycles. The molecule has 1 nitrogen and oxygen atoms in total. The van der Waals surface area contributed by atoms with Gasteiger partial charge in [0, 0.05) is 0 Å². The summed E-state index contributed by atoms with van der Waals surface area (Å²) in [6.07, 6.45) is 4.56. The van der Waals surface area contributed by atoms with Gasteiger partial charge < -0.3 is 0 Å². The number of rotatable bonds is 5. The molecule has 1 atom stereocenters. The lowest BCUT2D eigenvalue weighted by Gasteiger charge is -1.99. The van der Waals surface area contributed by atoms with Gasteiger partial charge in [-0.3, -0.25) is 0 Å². The number of unbranched alkanes of at least 4 members (excludes halogenated alkanes) is 1. The Kier molecular flexibility index (Phi) is 6.29. The smallest absolute Gasteiger partial charge is 0.0775 e. The molecule has 54 valence electrons. The normalized spacial score (nSPS) is 11.0. The SMILES string of the molecule is CC(C)CCCC[PH+]=O. The molecule has 0 aromatic rings. The Balaban J connectivity index is 2.82. The van der Waals surface area contributed by atoms with Crippen molar-refractivity contribution in [2.24, 2.45) is 5.92 Å². The van der Waals surface area contributed by atoms with Crippen LogP contribution in [0.4, 0.5) is 0 Å². The summed E-state index contributed by atoms with van der Waals surface area (Å²) in [4.78, 5) is 0. The average Bonchev–Trinajstić information content (AvgIpc) is 1.80. The summed E-state index contributed by atoms with van der Waals surface area (Å²) in [5, 5.41) is 0. The van der Waals surface area contributed by atoms with Crippen molar-refractivity contribution in [2.45, 2.75) is 33.1 Å². The molecule has 2 heteroatoms. The van der Waals surface area contributed by atoms with E-state index in [1.165, 1.54) is 12.8 Å². The molecule has 0 heterocycles. The quantitative estimate of drug-likeness (QED) is 0.431. The molecule has 0 bridgehead atoms. The van der Waals surface area contributed by atoms with Crippen LogP contribution in [-0.4, -0.2) is 6.16 Å². The van der Waals surface area contributed by atoms with Gasteiger partial charge >= 0.3 is 8.46 Å². The van der Waals surface area contributed by atoms with E-state index in [1.807, 2.05) is 0 Å². The second kappa shape index (κ2) is 6.22. The minimum Gasteiger partial charge on any atom is -0.0775 e. The van der Waals surface area contributed by atoms with Crippen LogP contribution < -0.4 is 0 Å². The summed E-state index contributed by atoms with van der Waals surface area (Å²) >= 11 is 0. The summed E-state index contributed by atoms with van der Waals surface area (Å²) in [5.74, 6) is 0.806. The maximum absolute atomic E-state index is 10.0. The zero-order valence-electron chi connectivity index (χ0n) is 6.31. The summed E-state index contributed by atoms with van der Waals surface area (Å²) < 4.78 is 10.0. The topological polar surface area (TPSA) is 17.1 Å². The van der Waals surface area contributed by atoms with Crippen LogP contribution in [0.2, 0.25) is 0 Å². The van der Waals surface area contributed by atoms with E-state index in [4.69, 9.17) is 0 Å². The molecular weight excluding hydrogens is 131 g/mol. The van der Waals surface area contributed by atoms with Gasteiger partial charge in [0.05, 0.1) is 0 Å². The Morgan fingerprint density at radius 2 is 2.00 bits per heavy atom. The summed E-state index contributed by atoms with van der Waals surface area (Å²) in [6, 6.07) is 0. The van der Waals surface area contributed by atoms with Gasteiger partial charge in [0.25, 0.3) is 0 Å². The zero-order chi connectivity index (χ0) is 7.11. The molecule has 0 aromatic carbocycles. The first-order chi connectivity index (χ1) is 4.27. The Hall–Kier alpha value is 0.100. The first-order valence-corrected chi connectivity index (χ1v) is 4.74. The van der Waals surface area contributed by atoms with Crippen molar-refractivity contribution in [3.05, 3.63) is 0 Å². The van der Waals surface area contributed by atoms with E-state index in [2.05, 4.69) is 13.8 Å². The Morgan fingerprint density at radius 3 is 2.44 bits per heavy atom. The maximum atomic E-state index is 10.0. The van der Waals surface area contributed by atoms with Crippen molar-refractivity contribution in [1.82, 2.24) is 0 Å². The van der Waals surface area contributed by atoms with E-state index in [-0.39, 0.29) is 8.46 Å². The van der Waals surface area contributed by atoms with Gasteiger partial charge in [-0.2, -0.15) is 0 Å². The van der Waals surface area contributed by atoms with Crippen molar-refractivity contribution in [3.63, 3.8) is 0 Å². The van der Waals surface area contributed by atoms with Crippen molar-refractivity contribution in [1.29, 1.82) is 0 Å². The standard InChI is InChI=1S/C7H15OP/c1-7(2)5-3-4-6-9-8/h7H,3-6H2,1-2H3/p+1. The lowest BCUT2D eigenvalue weighted by atomic mass is 10.1. The van der Waals surface area contributed by atoms with Crippen LogP contribution in [-0.2, 0) is 4.57 Å². The zero-order valence-corrected chi connectivity index (χ0v) is 7.31. The summed E-state index contributed by atoms with van der Waals surface area (Å²) in [5.41, 5.74) is 0. The predicted molar refractivity (Wildman–Crippen MR) is 42.6 cm³/mol. The average molecular weight is 147 g/mol. The lowest BCUT2D eigenvalue weighted by Crippen LogP contribution is -1.86. The van der Waals surface area contributed by atoms with Gasteiger partial charge in [0.2, 0.25) is 0 Å². The summed E-state index contributed by atoms with van der Waals surface area (Å²) in [7, 11) is -0.0888. The van der Waals surface area contributed by atoms with Crippen LogP contribution >= 0.6 is 8.46 Å². The molecule has 0 N–H and O–H groups in total. The fourth-order valence-electron chi connectivity index (χ4n) is 0.750. The highest BCUT2D eigenvalue weighted by Crippen LogP contribution is 2.08. The van der Waals surface area contributed by atoms with Crippen LogP contribution in [0.3, 0.4) is 0 Å². The molecule has 0 radical (unpaired) electrons. The second-order valence-electron chi connectivity index (χ2n) is 2.78. The van der Waals surface area contributed by atoms with E-state index in [0.29, 0.717) is 0 Å². The molecule has 0 aromatic heterocycles. The highest BCUT2D eigenvalue weighted by atomic mass is 31.1. The first kappa shape index (κ1) is 9.10. The second-order valence-corrected chi connectivity index (χ2v) is 3.57.